The van der Waals surface area contributed by atoms with E-state index < -0.39 is 0 Å². The van der Waals surface area contributed by atoms with Gasteiger partial charge in [-0.1, -0.05) is 12.1 Å². The molecule has 0 radical (unpaired) electrons. The molecule has 1 aliphatic heterocycles. The quantitative estimate of drug-likeness (QED) is 0.718. The molecular weight excluding hydrogens is 176 g/mol. The fourth-order valence-corrected chi connectivity index (χ4v) is 1.80. The van der Waals surface area contributed by atoms with Crippen LogP contribution in [-0.2, 0) is 11.3 Å². The monoisotopic (exact) mass is 188 g/mol. The number of imidazole rings is 1. The van der Waals surface area contributed by atoms with E-state index in [1.807, 2.05) is 24.5 Å². The molecular formula is C11H12N2O. The van der Waals surface area contributed by atoms with Crippen molar-refractivity contribution in [1.29, 1.82) is 0 Å². The minimum absolute atomic E-state index is 0.396. The van der Waals surface area contributed by atoms with Gasteiger partial charge in [-0.25, -0.2) is 4.98 Å². The number of aromatic nitrogens is 2. The van der Waals surface area contributed by atoms with Crippen molar-refractivity contribution in [3.63, 3.8) is 0 Å². The van der Waals surface area contributed by atoms with Crippen molar-refractivity contribution in [3.8, 4) is 0 Å². The zero-order chi connectivity index (χ0) is 9.38. The third kappa shape index (κ3) is 1.21. The molecule has 72 valence electrons. The lowest BCUT2D eigenvalue weighted by atomic mass is 10.2. The number of nitrogens with zero attached hydrogens (tertiary/aromatic N) is 2. The van der Waals surface area contributed by atoms with Gasteiger partial charge in [-0.2, -0.15) is 0 Å². The van der Waals surface area contributed by atoms with E-state index in [9.17, 15) is 0 Å². The first-order valence-electron chi connectivity index (χ1n) is 4.95. The van der Waals surface area contributed by atoms with Crippen LogP contribution in [0.4, 0.5) is 0 Å². The second-order valence-electron chi connectivity index (χ2n) is 3.67. The molecule has 0 saturated carbocycles. The summed E-state index contributed by atoms with van der Waals surface area (Å²) in [6, 6.07) is 8.19. The van der Waals surface area contributed by atoms with E-state index in [1.165, 1.54) is 11.9 Å². The lowest BCUT2D eigenvalue weighted by Crippen LogP contribution is -2.30. The number of rotatable bonds is 2. The fraction of sp³-hybridized carbons (Fsp3) is 0.364. The van der Waals surface area contributed by atoms with E-state index >= 15 is 0 Å². The predicted molar refractivity (Wildman–Crippen MR) is 54.1 cm³/mol. The molecule has 1 atom stereocenters. The Morgan fingerprint density at radius 3 is 3.07 bits per heavy atom. The Morgan fingerprint density at radius 2 is 2.29 bits per heavy atom. The average molecular weight is 188 g/mol. The van der Waals surface area contributed by atoms with Gasteiger partial charge in [0.15, 0.2) is 0 Å². The van der Waals surface area contributed by atoms with Crippen LogP contribution in [0.3, 0.4) is 0 Å². The minimum atomic E-state index is 0.396. The summed E-state index contributed by atoms with van der Waals surface area (Å²) in [5, 5.41) is 0. The van der Waals surface area contributed by atoms with E-state index in [4.69, 9.17) is 4.74 Å². The number of benzene rings is 1. The fourth-order valence-electron chi connectivity index (χ4n) is 1.80. The van der Waals surface area contributed by atoms with E-state index in [1.54, 1.807) is 0 Å². The molecule has 0 bridgehead atoms. The third-order valence-corrected chi connectivity index (χ3v) is 2.72. The number of hydrogen-bond donors (Lipinski definition) is 0. The van der Waals surface area contributed by atoms with Crippen LogP contribution in [-0.4, -0.2) is 22.3 Å². The van der Waals surface area contributed by atoms with Gasteiger partial charge >= 0.3 is 0 Å². The molecule has 1 aliphatic rings. The predicted octanol–water partition coefficient (Wildman–Crippen LogP) is 1.83. The molecule has 1 aromatic carbocycles. The summed E-state index contributed by atoms with van der Waals surface area (Å²) < 4.78 is 7.57. The van der Waals surface area contributed by atoms with E-state index in [-0.39, 0.29) is 0 Å². The summed E-state index contributed by atoms with van der Waals surface area (Å²) in [5.74, 6) is 0. The van der Waals surface area contributed by atoms with Crippen LogP contribution in [0.2, 0.25) is 0 Å². The van der Waals surface area contributed by atoms with Crippen LogP contribution in [0.25, 0.3) is 11.0 Å². The van der Waals surface area contributed by atoms with Crippen LogP contribution in [0.1, 0.15) is 6.42 Å². The van der Waals surface area contributed by atoms with Gasteiger partial charge in [-0.3, -0.25) is 0 Å². The van der Waals surface area contributed by atoms with Crippen molar-refractivity contribution < 1.29 is 4.74 Å². The third-order valence-electron chi connectivity index (χ3n) is 2.72. The SMILES string of the molecule is c1ccc2c(c1)ncn2C[C@@H]1CCO1. The molecule has 2 heterocycles. The highest BCUT2D eigenvalue weighted by atomic mass is 16.5. The van der Waals surface area contributed by atoms with Gasteiger partial charge in [-0.15, -0.1) is 0 Å². The van der Waals surface area contributed by atoms with Gasteiger partial charge < -0.3 is 9.30 Å². The largest absolute Gasteiger partial charge is 0.376 e. The molecule has 0 unspecified atom stereocenters. The molecule has 0 N–H and O–H groups in total. The lowest BCUT2D eigenvalue weighted by Gasteiger charge is -2.26. The van der Waals surface area contributed by atoms with Gasteiger partial charge in [0.25, 0.3) is 0 Å². The minimum Gasteiger partial charge on any atom is -0.376 e. The Kier molecular flexibility index (Phi) is 1.77. The second-order valence-corrected chi connectivity index (χ2v) is 3.67. The summed E-state index contributed by atoms with van der Waals surface area (Å²) in [4.78, 5) is 4.34. The Morgan fingerprint density at radius 1 is 1.43 bits per heavy atom. The standard InChI is InChI=1S/C11H12N2O/c1-2-4-11-10(3-1)12-8-13(11)7-9-5-6-14-9/h1-4,8-9H,5-7H2/t9-/m0/s1. The summed E-state index contributed by atoms with van der Waals surface area (Å²) in [6.07, 6.45) is 3.46. The first kappa shape index (κ1) is 8.00. The first-order valence-corrected chi connectivity index (χ1v) is 4.95. The molecule has 0 spiro atoms. The zero-order valence-corrected chi connectivity index (χ0v) is 7.89. The smallest absolute Gasteiger partial charge is 0.0959 e. The van der Waals surface area contributed by atoms with Gasteiger partial charge in [0, 0.05) is 6.61 Å². The highest BCUT2D eigenvalue weighted by Gasteiger charge is 2.18. The lowest BCUT2D eigenvalue weighted by molar-refractivity contribution is -0.0586. The topological polar surface area (TPSA) is 27.1 Å². The maximum atomic E-state index is 5.40. The Hall–Kier alpha value is -1.35. The number of hydrogen-bond acceptors (Lipinski definition) is 2. The molecule has 3 nitrogen and oxygen atoms in total. The molecule has 1 aromatic heterocycles. The maximum absolute atomic E-state index is 5.40. The van der Waals surface area contributed by atoms with Crippen LogP contribution >= 0.6 is 0 Å². The molecule has 2 aromatic rings. The molecule has 0 amide bonds. The highest BCUT2D eigenvalue weighted by Crippen LogP contribution is 2.17. The number of ether oxygens (including phenoxy) is 1. The van der Waals surface area contributed by atoms with Crippen molar-refractivity contribution in [2.24, 2.45) is 0 Å². The van der Waals surface area contributed by atoms with Gasteiger partial charge in [0.05, 0.1) is 30.0 Å². The molecule has 14 heavy (non-hydrogen) atoms. The zero-order valence-electron chi connectivity index (χ0n) is 7.89. The van der Waals surface area contributed by atoms with Crippen molar-refractivity contribution in [3.05, 3.63) is 30.6 Å². The Labute approximate surface area is 82.3 Å². The summed E-state index contributed by atoms with van der Waals surface area (Å²) in [5.41, 5.74) is 2.26. The molecule has 0 aliphatic carbocycles. The average Bonchev–Trinajstić information content (AvgIpc) is 2.55. The summed E-state index contributed by atoms with van der Waals surface area (Å²) >= 11 is 0. The van der Waals surface area contributed by atoms with Crippen LogP contribution in [0.15, 0.2) is 30.6 Å². The van der Waals surface area contributed by atoms with Crippen LogP contribution in [0.5, 0.6) is 0 Å². The molecule has 1 saturated heterocycles. The number of fused-ring (bicyclic) bond motifs is 1. The Bertz CT molecular complexity index is 445. The van der Waals surface area contributed by atoms with Gasteiger partial charge in [0.1, 0.15) is 0 Å². The van der Waals surface area contributed by atoms with Gasteiger partial charge in [-0.05, 0) is 18.6 Å². The van der Waals surface area contributed by atoms with E-state index in [0.717, 1.165) is 18.7 Å². The van der Waals surface area contributed by atoms with E-state index in [0.29, 0.717) is 6.10 Å². The second kappa shape index (κ2) is 3.10. The highest BCUT2D eigenvalue weighted by molar-refractivity contribution is 5.74. The van der Waals surface area contributed by atoms with Crippen LogP contribution in [0, 0.1) is 0 Å². The van der Waals surface area contributed by atoms with Crippen molar-refractivity contribution in [2.75, 3.05) is 6.61 Å². The summed E-state index contributed by atoms with van der Waals surface area (Å²) in [7, 11) is 0. The normalized spacial score (nSPS) is 21.0. The van der Waals surface area contributed by atoms with Crippen molar-refractivity contribution >= 4 is 11.0 Å². The molecule has 3 rings (SSSR count). The van der Waals surface area contributed by atoms with Crippen LogP contribution < -0.4 is 0 Å². The molecule has 3 heteroatoms. The van der Waals surface area contributed by atoms with Gasteiger partial charge in [0.2, 0.25) is 0 Å². The van der Waals surface area contributed by atoms with Crippen molar-refractivity contribution in [1.82, 2.24) is 9.55 Å². The van der Waals surface area contributed by atoms with Crippen molar-refractivity contribution in [2.45, 2.75) is 19.1 Å². The first-order chi connectivity index (χ1) is 6.93. The number of para-hydroxylation sites is 2. The molecule has 1 fully saturated rings. The van der Waals surface area contributed by atoms with E-state index in [2.05, 4.69) is 15.6 Å². The Balaban J connectivity index is 1.95. The summed E-state index contributed by atoms with van der Waals surface area (Å²) in [6.45, 7) is 1.85. The maximum Gasteiger partial charge on any atom is 0.0959 e.